The molecule has 4 rings (SSSR count). The zero-order valence-electron chi connectivity index (χ0n) is 18.0. The fraction of sp³-hybridized carbons (Fsp3) is 0.320. The maximum absolute atomic E-state index is 12.8. The largest absolute Gasteiger partial charge is 0.487 e. The third kappa shape index (κ3) is 5.78. The number of hydrogen-bond donors (Lipinski definition) is 1. The van der Waals surface area contributed by atoms with Crippen LogP contribution in [0.3, 0.4) is 0 Å². The maximum Gasteiger partial charge on any atom is 0.335 e. The molecule has 172 valence electrons. The minimum Gasteiger partial charge on any atom is -0.487 e. The predicted octanol–water partition coefficient (Wildman–Crippen LogP) is 6.23. The second-order valence-electron chi connectivity index (χ2n) is 8.28. The minimum atomic E-state index is -0.998. The third-order valence-electron chi connectivity index (χ3n) is 5.86. The van der Waals surface area contributed by atoms with E-state index in [1.165, 1.54) is 17.4 Å². The number of hydrogen-bond acceptors (Lipinski definition) is 5. The normalized spacial score (nSPS) is 18.2. The van der Waals surface area contributed by atoms with Crippen LogP contribution in [0.25, 0.3) is 6.08 Å². The lowest BCUT2D eigenvalue weighted by atomic mass is 9.89. The molecule has 1 aliphatic heterocycles. The van der Waals surface area contributed by atoms with E-state index in [1.807, 2.05) is 0 Å². The van der Waals surface area contributed by atoms with Gasteiger partial charge in [-0.3, -0.25) is 14.5 Å². The first-order valence-electron chi connectivity index (χ1n) is 10.9. The molecule has 2 aromatic rings. The van der Waals surface area contributed by atoms with Gasteiger partial charge in [-0.25, -0.2) is 4.79 Å². The van der Waals surface area contributed by atoms with Crippen molar-refractivity contribution in [1.82, 2.24) is 4.90 Å². The van der Waals surface area contributed by atoms with E-state index >= 15 is 0 Å². The van der Waals surface area contributed by atoms with Gasteiger partial charge in [0.25, 0.3) is 11.1 Å². The monoisotopic (exact) mass is 485 g/mol. The molecular formula is C25H24ClNO5S. The molecule has 0 aromatic heterocycles. The molecule has 2 aromatic carbocycles. The van der Waals surface area contributed by atoms with Crippen LogP contribution in [-0.4, -0.2) is 33.7 Å². The highest BCUT2D eigenvalue weighted by atomic mass is 35.5. The van der Waals surface area contributed by atoms with E-state index in [4.69, 9.17) is 21.4 Å². The summed E-state index contributed by atoms with van der Waals surface area (Å²) in [4.78, 5) is 38.1. The first-order chi connectivity index (χ1) is 15.9. The number of rotatable bonds is 7. The van der Waals surface area contributed by atoms with Gasteiger partial charge >= 0.3 is 5.97 Å². The van der Waals surface area contributed by atoms with Crippen molar-refractivity contribution in [3.8, 4) is 5.75 Å². The molecule has 0 spiro atoms. The quantitative estimate of drug-likeness (QED) is 0.468. The lowest BCUT2D eigenvalue weighted by Gasteiger charge is -2.25. The molecule has 1 N–H and O–H groups in total. The molecule has 0 bridgehead atoms. The Kier molecular flexibility index (Phi) is 7.40. The van der Waals surface area contributed by atoms with E-state index in [0.29, 0.717) is 39.3 Å². The van der Waals surface area contributed by atoms with Gasteiger partial charge in [0, 0.05) is 6.54 Å². The van der Waals surface area contributed by atoms with Crippen molar-refractivity contribution >= 4 is 46.6 Å². The number of thioether (sulfide) groups is 1. The Morgan fingerprint density at radius 3 is 2.67 bits per heavy atom. The van der Waals surface area contributed by atoms with Gasteiger partial charge in [-0.15, -0.1) is 0 Å². The van der Waals surface area contributed by atoms with Gasteiger partial charge in [0.1, 0.15) is 12.4 Å². The number of aromatic carboxylic acids is 1. The highest BCUT2D eigenvalue weighted by Gasteiger charge is 2.36. The van der Waals surface area contributed by atoms with E-state index in [-0.39, 0.29) is 23.3 Å². The summed E-state index contributed by atoms with van der Waals surface area (Å²) >= 11 is 7.33. The number of carboxylic acid groups (broad SMARTS) is 1. The lowest BCUT2D eigenvalue weighted by molar-refractivity contribution is -0.123. The summed E-state index contributed by atoms with van der Waals surface area (Å²) in [6.45, 7) is 0.666. The van der Waals surface area contributed by atoms with Crippen LogP contribution in [0.2, 0.25) is 5.02 Å². The van der Waals surface area contributed by atoms with E-state index in [9.17, 15) is 14.4 Å². The molecule has 33 heavy (non-hydrogen) atoms. The van der Waals surface area contributed by atoms with Gasteiger partial charge in [-0.1, -0.05) is 49.1 Å². The van der Waals surface area contributed by atoms with Gasteiger partial charge in [0.2, 0.25) is 0 Å². The van der Waals surface area contributed by atoms with Gasteiger partial charge in [-0.05, 0) is 72.0 Å². The van der Waals surface area contributed by atoms with Gasteiger partial charge in [0.15, 0.2) is 0 Å². The summed E-state index contributed by atoms with van der Waals surface area (Å²) in [7, 11) is 0. The number of carbonyl (C=O) groups excluding carboxylic acids is 2. The SMILES string of the molecule is O=C(O)c1cccc(COc2ccc(/C=C3/SC(=O)N(CC4CCCCC4)C3=O)cc2Cl)c1. The Balaban J connectivity index is 1.41. The topological polar surface area (TPSA) is 83.9 Å². The molecule has 1 heterocycles. The summed E-state index contributed by atoms with van der Waals surface area (Å²) < 4.78 is 5.74. The van der Waals surface area contributed by atoms with Crippen molar-refractivity contribution in [3.05, 3.63) is 69.1 Å². The molecule has 0 atom stereocenters. The van der Waals surface area contributed by atoms with Crippen molar-refractivity contribution in [2.75, 3.05) is 6.54 Å². The van der Waals surface area contributed by atoms with Crippen LogP contribution >= 0.6 is 23.4 Å². The van der Waals surface area contributed by atoms with Crippen LogP contribution in [0.4, 0.5) is 4.79 Å². The van der Waals surface area contributed by atoms with Gasteiger partial charge in [-0.2, -0.15) is 0 Å². The number of benzene rings is 2. The molecule has 1 aliphatic carbocycles. The van der Waals surface area contributed by atoms with Crippen LogP contribution in [0.5, 0.6) is 5.75 Å². The minimum absolute atomic E-state index is 0.167. The van der Waals surface area contributed by atoms with E-state index < -0.39 is 5.97 Å². The third-order valence-corrected chi connectivity index (χ3v) is 7.06. The number of ether oxygens (including phenoxy) is 1. The number of carbonyl (C=O) groups is 3. The van der Waals surface area contributed by atoms with Crippen LogP contribution in [-0.2, 0) is 11.4 Å². The summed E-state index contributed by atoms with van der Waals surface area (Å²) in [6, 6.07) is 11.6. The number of nitrogens with zero attached hydrogens (tertiary/aromatic N) is 1. The van der Waals surface area contributed by atoms with Crippen molar-refractivity contribution in [2.45, 2.75) is 38.7 Å². The van der Waals surface area contributed by atoms with E-state index in [0.717, 1.165) is 37.4 Å². The Morgan fingerprint density at radius 2 is 1.94 bits per heavy atom. The fourth-order valence-electron chi connectivity index (χ4n) is 4.12. The number of imide groups is 1. The van der Waals surface area contributed by atoms with Crippen LogP contribution in [0.1, 0.15) is 53.6 Å². The number of amides is 2. The molecule has 2 amide bonds. The van der Waals surface area contributed by atoms with Crippen molar-refractivity contribution in [3.63, 3.8) is 0 Å². The average Bonchev–Trinajstić information content (AvgIpc) is 3.06. The first kappa shape index (κ1) is 23.4. The second kappa shape index (κ2) is 10.4. The lowest BCUT2D eigenvalue weighted by Crippen LogP contribution is -2.34. The maximum atomic E-state index is 12.8. The van der Waals surface area contributed by atoms with Crippen LogP contribution in [0, 0.1) is 5.92 Å². The van der Waals surface area contributed by atoms with Crippen molar-refractivity contribution < 1.29 is 24.2 Å². The first-order valence-corrected chi connectivity index (χ1v) is 12.1. The number of carboxylic acids is 1. The molecule has 1 saturated carbocycles. The highest BCUT2D eigenvalue weighted by Crippen LogP contribution is 2.36. The zero-order valence-corrected chi connectivity index (χ0v) is 19.5. The highest BCUT2D eigenvalue weighted by molar-refractivity contribution is 8.18. The van der Waals surface area contributed by atoms with Crippen molar-refractivity contribution in [1.29, 1.82) is 0 Å². The molecule has 2 fully saturated rings. The number of halogens is 1. The second-order valence-corrected chi connectivity index (χ2v) is 9.68. The molecule has 0 unspecified atom stereocenters. The molecule has 6 nitrogen and oxygen atoms in total. The van der Waals surface area contributed by atoms with E-state index in [2.05, 4.69) is 0 Å². The van der Waals surface area contributed by atoms with E-state index in [1.54, 1.807) is 42.5 Å². The van der Waals surface area contributed by atoms with Crippen LogP contribution < -0.4 is 4.74 Å². The Hall–Kier alpha value is -2.77. The smallest absolute Gasteiger partial charge is 0.335 e. The molecule has 8 heteroatoms. The molecule has 1 saturated heterocycles. The Labute approximate surface area is 201 Å². The molecule has 0 radical (unpaired) electrons. The average molecular weight is 486 g/mol. The Bertz CT molecular complexity index is 1110. The summed E-state index contributed by atoms with van der Waals surface area (Å²) in [5.41, 5.74) is 1.60. The summed E-state index contributed by atoms with van der Waals surface area (Å²) in [5.74, 6) is -0.402. The fourth-order valence-corrected chi connectivity index (χ4v) is 5.21. The zero-order chi connectivity index (χ0) is 23.4. The van der Waals surface area contributed by atoms with Crippen molar-refractivity contribution in [2.24, 2.45) is 5.92 Å². The summed E-state index contributed by atoms with van der Waals surface area (Å²) in [6.07, 6.45) is 7.37. The van der Waals surface area contributed by atoms with Gasteiger partial charge in [0.05, 0.1) is 15.5 Å². The Morgan fingerprint density at radius 1 is 1.15 bits per heavy atom. The molecular weight excluding hydrogens is 462 g/mol. The van der Waals surface area contributed by atoms with Gasteiger partial charge < -0.3 is 9.84 Å². The predicted molar refractivity (Wildman–Crippen MR) is 128 cm³/mol. The summed E-state index contributed by atoms with van der Waals surface area (Å²) in [5, 5.41) is 9.25. The molecule has 2 aliphatic rings. The van der Waals surface area contributed by atoms with Crippen LogP contribution in [0.15, 0.2) is 47.4 Å². The standard InChI is InChI=1S/C25H24ClNO5S/c26-20-12-17(9-10-21(20)32-15-18-7-4-8-19(11-18)24(29)30)13-22-23(28)27(25(31)33-22)14-16-5-2-1-3-6-16/h4,7-13,16H,1-3,5-6,14-15H2,(H,29,30)/b22-13+.